The average Bonchev–Trinajstić information content (AvgIpc) is 2.65. The molecule has 15 heavy (non-hydrogen) atoms. The fourth-order valence-electron chi connectivity index (χ4n) is 2.07. The Morgan fingerprint density at radius 2 is 1.73 bits per heavy atom. The van der Waals surface area contributed by atoms with Gasteiger partial charge in [0.1, 0.15) is 5.78 Å². The molecule has 0 aromatic rings. The SMILES string of the molecule is CC(C(=O)C1CCCC1)C(=O)C(C)(F)F. The van der Waals surface area contributed by atoms with Gasteiger partial charge in [0.25, 0.3) is 0 Å². The molecule has 0 N–H and O–H groups in total. The summed E-state index contributed by atoms with van der Waals surface area (Å²) in [5.41, 5.74) is 0. The third kappa shape index (κ3) is 2.83. The predicted octanol–water partition coefficient (Wildman–Crippen LogP) is 2.61. The summed E-state index contributed by atoms with van der Waals surface area (Å²) in [5.74, 6) is -6.29. The smallest absolute Gasteiger partial charge is 0.299 e. The van der Waals surface area contributed by atoms with Gasteiger partial charge >= 0.3 is 5.92 Å². The molecule has 0 bridgehead atoms. The van der Waals surface area contributed by atoms with Crippen molar-refractivity contribution in [2.75, 3.05) is 0 Å². The summed E-state index contributed by atoms with van der Waals surface area (Å²) in [4.78, 5) is 22.9. The number of rotatable bonds is 4. The predicted molar refractivity (Wildman–Crippen MR) is 51.8 cm³/mol. The maximum absolute atomic E-state index is 12.7. The number of ketones is 2. The zero-order chi connectivity index (χ0) is 11.6. The Morgan fingerprint density at radius 1 is 1.27 bits per heavy atom. The molecule has 1 aliphatic rings. The van der Waals surface area contributed by atoms with Crippen LogP contribution in [0.4, 0.5) is 8.78 Å². The number of carbonyl (C=O) groups excluding carboxylic acids is 2. The molecule has 1 atom stereocenters. The fraction of sp³-hybridized carbons (Fsp3) is 0.818. The van der Waals surface area contributed by atoms with E-state index in [1.807, 2.05) is 0 Å². The Labute approximate surface area is 88.0 Å². The number of carbonyl (C=O) groups is 2. The largest absolute Gasteiger partial charge is 0.303 e. The van der Waals surface area contributed by atoms with Crippen LogP contribution in [0.3, 0.4) is 0 Å². The molecule has 1 saturated carbocycles. The van der Waals surface area contributed by atoms with Gasteiger partial charge in [0, 0.05) is 12.8 Å². The summed E-state index contributed by atoms with van der Waals surface area (Å²) in [6.07, 6.45) is 3.40. The van der Waals surface area contributed by atoms with E-state index in [9.17, 15) is 18.4 Å². The molecule has 0 saturated heterocycles. The lowest BCUT2D eigenvalue weighted by Gasteiger charge is -2.17. The van der Waals surface area contributed by atoms with E-state index >= 15 is 0 Å². The monoisotopic (exact) mass is 218 g/mol. The summed E-state index contributed by atoms with van der Waals surface area (Å²) < 4.78 is 25.4. The summed E-state index contributed by atoms with van der Waals surface area (Å²) in [6, 6.07) is 0. The fourth-order valence-corrected chi connectivity index (χ4v) is 2.07. The zero-order valence-electron chi connectivity index (χ0n) is 9.06. The first-order chi connectivity index (χ1) is 6.84. The third-order valence-corrected chi connectivity index (χ3v) is 3.01. The second kappa shape index (κ2) is 4.37. The van der Waals surface area contributed by atoms with E-state index in [1.165, 1.54) is 6.92 Å². The highest BCUT2D eigenvalue weighted by Crippen LogP contribution is 2.30. The van der Waals surface area contributed by atoms with E-state index in [2.05, 4.69) is 0 Å². The lowest BCUT2D eigenvalue weighted by molar-refractivity contribution is -0.149. The molecule has 86 valence electrons. The first-order valence-corrected chi connectivity index (χ1v) is 5.30. The van der Waals surface area contributed by atoms with Gasteiger partial charge in [-0.05, 0) is 19.8 Å². The van der Waals surface area contributed by atoms with Crippen LogP contribution in [0.25, 0.3) is 0 Å². The second-order valence-corrected chi connectivity index (χ2v) is 4.36. The summed E-state index contributed by atoms with van der Waals surface area (Å²) in [6.45, 7) is 1.84. The number of Topliss-reactive ketones (excluding diaryl/α,β-unsaturated/α-hetero) is 2. The van der Waals surface area contributed by atoms with Crippen molar-refractivity contribution in [2.45, 2.75) is 45.5 Å². The van der Waals surface area contributed by atoms with Crippen LogP contribution < -0.4 is 0 Å². The van der Waals surface area contributed by atoms with Crippen LogP contribution in [-0.2, 0) is 9.59 Å². The minimum absolute atomic E-state index is 0.175. The average molecular weight is 218 g/mol. The van der Waals surface area contributed by atoms with Crippen molar-refractivity contribution in [1.29, 1.82) is 0 Å². The molecule has 1 unspecified atom stereocenters. The number of hydrogen-bond acceptors (Lipinski definition) is 2. The molecule has 4 heteroatoms. The lowest BCUT2D eigenvalue weighted by Crippen LogP contribution is -2.36. The van der Waals surface area contributed by atoms with Gasteiger partial charge in [-0.2, -0.15) is 8.78 Å². The molecule has 0 spiro atoms. The van der Waals surface area contributed by atoms with E-state index in [4.69, 9.17) is 0 Å². The van der Waals surface area contributed by atoms with Crippen LogP contribution in [0.5, 0.6) is 0 Å². The molecule has 0 heterocycles. The molecule has 2 nitrogen and oxygen atoms in total. The van der Waals surface area contributed by atoms with E-state index in [0.29, 0.717) is 6.92 Å². The Kier molecular flexibility index (Phi) is 3.58. The third-order valence-electron chi connectivity index (χ3n) is 3.01. The van der Waals surface area contributed by atoms with Crippen molar-refractivity contribution >= 4 is 11.6 Å². The Hall–Kier alpha value is -0.800. The van der Waals surface area contributed by atoms with E-state index in [1.54, 1.807) is 0 Å². The Bertz CT molecular complexity index is 262. The van der Waals surface area contributed by atoms with Gasteiger partial charge in [0.15, 0.2) is 0 Å². The normalized spacial score (nSPS) is 20.3. The first kappa shape index (κ1) is 12.3. The van der Waals surface area contributed by atoms with Crippen molar-refractivity contribution in [1.82, 2.24) is 0 Å². The van der Waals surface area contributed by atoms with Crippen LogP contribution in [0.2, 0.25) is 0 Å². The van der Waals surface area contributed by atoms with Gasteiger partial charge in [-0.25, -0.2) is 0 Å². The van der Waals surface area contributed by atoms with Crippen molar-refractivity contribution in [2.24, 2.45) is 11.8 Å². The van der Waals surface area contributed by atoms with Gasteiger partial charge < -0.3 is 0 Å². The van der Waals surface area contributed by atoms with Crippen LogP contribution in [-0.4, -0.2) is 17.5 Å². The second-order valence-electron chi connectivity index (χ2n) is 4.36. The maximum Gasteiger partial charge on any atom is 0.303 e. The topological polar surface area (TPSA) is 34.1 Å². The quantitative estimate of drug-likeness (QED) is 0.680. The molecule has 0 amide bonds. The van der Waals surface area contributed by atoms with Crippen LogP contribution in [0, 0.1) is 11.8 Å². The maximum atomic E-state index is 12.7. The Morgan fingerprint density at radius 3 is 2.13 bits per heavy atom. The Balaban J connectivity index is 2.63. The molecule has 1 rings (SSSR count). The molecular weight excluding hydrogens is 202 g/mol. The minimum Gasteiger partial charge on any atom is -0.299 e. The number of hydrogen-bond donors (Lipinski definition) is 0. The first-order valence-electron chi connectivity index (χ1n) is 5.30. The summed E-state index contributed by atoms with van der Waals surface area (Å²) in [5, 5.41) is 0. The molecule has 1 fully saturated rings. The van der Waals surface area contributed by atoms with Gasteiger partial charge in [0.05, 0.1) is 5.92 Å². The molecule has 0 aromatic carbocycles. The standard InChI is InChI=1S/C11H16F2O2/c1-7(10(15)11(2,12)13)9(14)8-5-3-4-6-8/h7-8H,3-6H2,1-2H3. The van der Waals surface area contributed by atoms with Gasteiger partial charge in [0.2, 0.25) is 5.78 Å². The van der Waals surface area contributed by atoms with Crippen LogP contribution in [0.1, 0.15) is 39.5 Å². The lowest BCUT2D eigenvalue weighted by atomic mass is 9.88. The van der Waals surface area contributed by atoms with Gasteiger partial charge in [-0.1, -0.05) is 12.8 Å². The summed E-state index contributed by atoms with van der Waals surface area (Å²) >= 11 is 0. The van der Waals surface area contributed by atoms with Crippen molar-refractivity contribution in [3.63, 3.8) is 0 Å². The molecular formula is C11H16F2O2. The van der Waals surface area contributed by atoms with Crippen LogP contribution >= 0.6 is 0 Å². The molecule has 0 aliphatic heterocycles. The van der Waals surface area contributed by atoms with Crippen molar-refractivity contribution in [3.8, 4) is 0 Å². The van der Waals surface area contributed by atoms with Crippen molar-refractivity contribution in [3.05, 3.63) is 0 Å². The highest BCUT2D eigenvalue weighted by molar-refractivity contribution is 6.05. The zero-order valence-corrected chi connectivity index (χ0v) is 9.06. The van der Waals surface area contributed by atoms with Gasteiger partial charge in [-0.15, -0.1) is 0 Å². The minimum atomic E-state index is -3.40. The highest BCUT2D eigenvalue weighted by Gasteiger charge is 2.41. The van der Waals surface area contributed by atoms with Gasteiger partial charge in [-0.3, -0.25) is 9.59 Å². The van der Waals surface area contributed by atoms with E-state index in [0.717, 1.165) is 25.7 Å². The molecule has 1 aliphatic carbocycles. The van der Waals surface area contributed by atoms with Crippen molar-refractivity contribution < 1.29 is 18.4 Å². The number of halogens is 2. The summed E-state index contributed by atoms with van der Waals surface area (Å²) in [7, 11) is 0. The molecule has 0 radical (unpaired) electrons. The van der Waals surface area contributed by atoms with Crippen LogP contribution in [0.15, 0.2) is 0 Å². The molecule has 0 aromatic heterocycles. The van der Waals surface area contributed by atoms with E-state index in [-0.39, 0.29) is 11.7 Å². The highest BCUT2D eigenvalue weighted by atomic mass is 19.3. The number of alkyl halides is 2. The van der Waals surface area contributed by atoms with E-state index < -0.39 is 17.6 Å².